The zero-order chi connectivity index (χ0) is 12.1. The van der Waals surface area contributed by atoms with E-state index in [1.807, 2.05) is 0 Å². The van der Waals surface area contributed by atoms with Gasteiger partial charge in [0.25, 0.3) is 0 Å². The van der Waals surface area contributed by atoms with Crippen LogP contribution in [-0.4, -0.2) is 60.0 Å². The van der Waals surface area contributed by atoms with Gasteiger partial charge in [-0.25, -0.2) is 22.0 Å². The Bertz CT molecular complexity index is 360. The average Bonchev–Trinajstić information content (AvgIpc) is 2.01. The van der Waals surface area contributed by atoms with E-state index in [9.17, 15) is 16.8 Å². The molecular weight excluding hydrogens is 244 g/mol. The van der Waals surface area contributed by atoms with Gasteiger partial charge in [-0.15, -0.1) is 0 Å². The Kier molecular flexibility index (Phi) is 5.67. The number of ether oxygens (including phenoxy) is 1. The number of rotatable bonds is 1. The molecule has 92 valence electrons. The summed E-state index contributed by atoms with van der Waals surface area (Å²) in [5.41, 5.74) is 0. The summed E-state index contributed by atoms with van der Waals surface area (Å²) in [5.74, 6) is 0. The summed E-state index contributed by atoms with van der Waals surface area (Å²) in [5, 5.41) is 4.33. The second kappa shape index (κ2) is 5.75. The number of hydrogen-bond acceptors (Lipinski definition) is 5. The van der Waals surface area contributed by atoms with Crippen molar-refractivity contribution < 1.29 is 21.6 Å². The van der Waals surface area contributed by atoms with Gasteiger partial charge in [0.15, 0.2) is 0 Å². The highest BCUT2D eigenvalue weighted by molar-refractivity contribution is 7.88. The maximum absolute atomic E-state index is 10.9. The van der Waals surface area contributed by atoms with Gasteiger partial charge in [0.2, 0.25) is 20.0 Å². The molecule has 0 aromatic carbocycles. The van der Waals surface area contributed by atoms with Crippen LogP contribution < -0.4 is 5.14 Å². The van der Waals surface area contributed by atoms with Gasteiger partial charge in [-0.2, -0.15) is 4.31 Å². The zero-order valence-electron chi connectivity index (χ0n) is 8.71. The van der Waals surface area contributed by atoms with E-state index in [-0.39, 0.29) is 0 Å². The molecule has 1 rings (SSSR count). The van der Waals surface area contributed by atoms with E-state index < -0.39 is 20.0 Å². The minimum Gasteiger partial charge on any atom is -0.379 e. The van der Waals surface area contributed by atoms with Crippen molar-refractivity contribution in [2.75, 3.05) is 38.8 Å². The fraction of sp³-hybridized carbons (Fsp3) is 1.00. The summed E-state index contributed by atoms with van der Waals surface area (Å²) < 4.78 is 46.9. The largest absolute Gasteiger partial charge is 0.379 e. The van der Waals surface area contributed by atoms with E-state index >= 15 is 0 Å². The monoisotopic (exact) mass is 260 g/mol. The molecule has 0 spiro atoms. The predicted octanol–water partition coefficient (Wildman–Crippen LogP) is -1.82. The van der Waals surface area contributed by atoms with Crippen LogP contribution in [0.2, 0.25) is 0 Å². The number of nitrogens with two attached hydrogens (primary N) is 1. The first kappa shape index (κ1) is 14.8. The van der Waals surface area contributed by atoms with Crippen LogP contribution in [0.5, 0.6) is 0 Å². The van der Waals surface area contributed by atoms with E-state index in [4.69, 9.17) is 4.74 Å². The minimum absolute atomic E-state index is 0.499. The third-order valence-electron chi connectivity index (χ3n) is 1.44. The Labute approximate surface area is 90.3 Å². The van der Waals surface area contributed by atoms with E-state index in [1.54, 1.807) is 0 Å². The highest BCUT2D eigenvalue weighted by atomic mass is 32.2. The van der Waals surface area contributed by atoms with E-state index in [0.29, 0.717) is 26.3 Å². The molecule has 15 heavy (non-hydrogen) atoms. The molecule has 0 radical (unpaired) electrons. The molecule has 0 atom stereocenters. The van der Waals surface area contributed by atoms with Gasteiger partial charge in [0.05, 0.1) is 25.7 Å². The maximum Gasteiger partial charge on any atom is 0.211 e. The summed E-state index contributed by atoms with van der Waals surface area (Å²) in [6, 6.07) is 0. The van der Waals surface area contributed by atoms with Gasteiger partial charge in [0, 0.05) is 13.1 Å². The first-order valence-corrected chi connectivity index (χ1v) is 7.91. The first-order valence-electron chi connectivity index (χ1n) is 4.11. The summed E-state index contributed by atoms with van der Waals surface area (Å²) in [6.45, 7) is 2.04. The predicted molar refractivity (Wildman–Crippen MR) is 56.3 cm³/mol. The molecule has 7 nitrogen and oxygen atoms in total. The Morgan fingerprint density at radius 1 is 1.07 bits per heavy atom. The number of sulfonamides is 2. The smallest absolute Gasteiger partial charge is 0.211 e. The molecule has 0 aliphatic carbocycles. The summed E-state index contributed by atoms with van der Waals surface area (Å²) in [7, 11) is -6.14. The highest BCUT2D eigenvalue weighted by Crippen LogP contribution is 2.01. The molecule has 1 heterocycles. The Morgan fingerprint density at radius 3 is 1.60 bits per heavy atom. The Balaban J connectivity index is 0.000000336. The van der Waals surface area contributed by atoms with Crippen molar-refractivity contribution in [1.82, 2.24) is 4.31 Å². The zero-order valence-corrected chi connectivity index (χ0v) is 10.3. The van der Waals surface area contributed by atoms with Gasteiger partial charge in [-0.1, -0.05) is 0 Å². The van der Waals surface area contributed by atoms with Crippen molar-refractivity contribution in [3.63, 3.8) is 0 Å². The fourth-order valence-corrected chi connectivity index (χ4v) is 1.69. The van der Waals surface area contributed by atoms with Crippen molar-refractivity contribution in [1.29, 1.82) is 0 Å². The third kappa shape index (κ3) is 10.1. The highest BCUT2D eigenvalue weighted by Gasteiger charge is 2.18. The molecular formula is C6H16N2O5S2. The van der Waals surface area contributed by atoms with Gasteiger partial charge < -0.3 is 4.74 Å². The molecule has 0 unspecified atom stereocenters. The van der Waals surface area contributed by atoms with Crippen LogP contribution in [0.1, 0.15) is 0 Å². The lowest BCUT2D eigenvalue weighted by molar-refractivity contribution is 0.0733. The van der Waals surface area contributed by atoms with Crippen molar-refractivity contribution in [3.05, 3.63) is 0 Å². The van der Waals surface area contributed by atoms with Gasteiger partial charge in [0.1, 0.15) is 0 Å². The van der Waals surface area contributed by atoms with Crippen molar-refractivity contribution >= 4 is 20.0 Å². The topological polar surface area (TPSA) is 107 Å². The average molecular weight is 260 g/mol. The summed E-state index contributed by atoms with van der Waals surface area (Å²) in [6.07, 6.45) is 2.16. The molecule has 0 amide bonds. The summed E-state index contributed by atoms with van der Waals surface area (Å²) in [4.78, 5) is 0. The van der Waals surface area contributed by atoms with Crippen LogP contribution in [0.15, 0.2) is 0 Å². The van der Waals surface area contributed by atoms with Gasteiger partial charge in [-0.05, 0) is 0 Å². The lowest BCUT2D eigenvalue weighted by Crippen LogP contribution is -2.39. The number of morpholine rings is 1. The van der Waals surface area contributed by atoms with Crippen molar-refractivity contribution in [2.24, 2.45) is 5.14 Å². The van der Waals surface area contributed by atoms with Crippen LogP contribution >= 0.6 is 0 Å². The first-order chi connectivity index (χ1) is 6.61. The molecule has 1 aliphatic rings. The fourth-order valence-electron chi connectivity index (χ4n) is 0.878. The molecule has 2 N–H and O–H groups in total. The minimum atomic E-state index is -3.17. The van der Waals surface area contributed by atoms with Gasteiger partial charge >= 0.3 is 0 Å². The van der Waals surface area contributed by atoms with Crippen LogP contribution in [0.3, 0.4) is 0 Å². The molecule has 1 saturated heterocycles. The van der Waals surface area contributed by atoms with E-state index in [0.717, 1.165) is 6.26 Å². The van der Waals surface area contributed by atoms with E-state index in [1.165, 1.54) is 10.6 Å². The molecule has 0 bridgehead atoms. The van der Waals surface area contributed by atoms with Crippen molar-refractivity contribution in [3.8, 4) is 0 Å². The van der Waals surface area contributed by atoms with E-state index in [2.05, 4.69) is 5.14 Å². The quantitative estimate of drug-likeness (QED) is 0.597. The second-order valence-electron chi connectivity index (χ2n) is 3.10. The third-order valence-corrected chi connectivity index (χ3v) is 2.74. The SMILES string of the molecule is CS(=O)(=O)N1CCOCC1.CS(N)(=O)=O. The molecule has 1 aliphatic heterocycles. The van der Waals surface area contributed by atoms with Crippen LogP contribution in [0.25, 0.3) is 0 Å². The Morgan fingerprint density at radius 2 is 1.40 bits per heavy atom. The molecule has 9 heteroatoms. The maximum atomic E-state index is 10.9. The van der Waals surface area contributed by atoms with Crippen LogP contribution in [-0.2, 0) is 24.8 Å². The lowest BCUT2D eigenvalue weighted by atomic mass is 10.5. The molecule has 1 fully saturated rings. The Hall–Kier alpha value is -0.220. The molecule has 0 aromatic heterocycles. The van der Waals surface area contributed by atoms with Crippen LogP contribution in [0.4, 0.5) is 0 Å². The number of primary sulfonamides is 1. The molecule has 0 saturated carbocycles. The lowest BCUT2D eigenvalue weighted by Gasteiger charge is -2.23. The van der Waals surface area contributed by atoms with Crippen molar-refractivity contribution in [2.45, 2.75) is 0 Å². The second-order valence-corrected chi connectivity index (χ2v) is 6.75. The normalized spacial score (nSPS) is 19.1. The summed E-state index contributed by atoms with van der Waals surface area (Å²) >= 11 is 0. The standard InChI is InChI=1S/C5H11NO3S.CH5NO2S/c1-10(7,8)6-2-4-9-5-3-6;1-5(2,3)4/h2-5H2,1H3;1H3,(H2,2,3,4). The van der Waals surface area contributed by atoms with Gasteiger partial charge in [-0.3, -0.25) is 0 Å². The number of nitrogens with zero attached hydrogens (tertiary/aromatic N) is 1. The molecule has 0 aromatic rings. The van der Waals surface area contributed by atoms with Crippen LogP contribution in [0, 0.1) is 0 Å². The number of hydrogen-bond donors (Lipinski definition) is 1.